The van der Waals surface area contributed by atoms with Crippen molar-refractivity contribution in [3.8, 4) is 0 Å². The second-order valence-electron chi connectivity index (χ2n) is 3.98. The molecule has 0 aromatic heterocycles. The van der Waals surface area contributed by atoms with Crippen molar-refractivity contribution in [2.24, 2.45) is 0 Å². The van der Waals surface area contributed by atoms with Crippen molar-refractivity contribution in [3.05, 3.63) is 35.4 Å². The summed E-state index contributed by atoms with van der Waals surface area (Å²) >= 11 is 0. The number of nitrogens with one attached hydrogen (secondary N) is 1. The summed E-state index contributed by atoms with van der Waals surface area (Å²) in [6.45, 7) is 4.96. The molecule has 0 aliphatic heterocycles. The van der Waals surface area contributed by atoms with Crippen molar-refractivity contribution in [3.63, 3.8) is 0 Å². The monoisotopic (exact) mass is 227 g/mol. The molecule has 1 aromatic carbocycles. The third-order valence-corrected chi connectivity index (χ3v) is 2.60. The van der Waals surface area contributed by atoms with Crippen molar-refractivity contribution in [1.29, 1.82) is 0 Å². The van der Waals surface area contributed by atoms with Crippen LogP contribution in [0, 0.1) is 11.6 Å². The fraction of sp³-hybridized carbons (Fsp3) is 0.538. The molecule has 0 aliphatic carbocycles. The quantitative estimate of drug-likeness (QED) is 0.786. The minimum absolute atomic E-state index is 0.228. The van der Waals surface area contributed by atoms with Gasteiger partial charge in [-0.1, -0.05) is 20.3 Å². The summed E-state index contributed by atoms with van der Waals surface area (Å²) in [5.41, 5.74) is 0.458. The first kappa shape index (κ1) is 13.1. The molecule has 1 nitrogen and oxygen atoms in total. The minimum atomic E-state index is -0.372. The molecule has 0 spiro atoms. The minimum Gasteiger partial charge on any atom is -0.314 e. The molecule has 0 amide bonds. The normalized spacial score (nSPS) is 12.8. The van der Waals surface area contributed by atoms with Crippen molar-refractivity contribution in [2.45, 2.75) is 39.2 Å². The molecular weight excluding hydrogens is 208 g/mol. The second-order valence-corrected chi connectivity index (χ2v) is 3.98. The zero-order valence-electron chi connectivity index (χ0n) is 9.89. The fourth-order valence-corrected chi connectivity index (χ4v) is 1.88. The van der Waals surface area contributed by atoms with Crippen LogP contribution in [-0.4, -0.2) is 12.6 Å². The first-order valence-corrected chi connectivity index (χ1v) is 5.84. The lowest BCUT2D eigenvalue weighted by atomic mass is 10.0. The molecule has 3 heteroatoms. The fourth-order valence-electron chi connectivity index (χ4n) is 1.88. The molecule has 1 aromatic rings. The van der Waals surface area contributed by atoms with Crippen LogP contribution in [0.3, 0.4) is 0 Å². The Morgan fingerprint density at radius 1 is 1.25 bits per heavy atom. The predicted molar refractivity (Wildman–Crippen MR) is 62.4 cm³/mol. The highest BCUT2D eigenvalue weighted by atomic mass is 19.1. The second kappa shape index (κ2) is 6.59. The third kappa shape index (κ3) is 3.89. The first-order valence-electron chi connectivity index (χ1n) is 5.84. The number of hydrogen-bond donors (Lipinski definition) is 1. The van der Waals surface area contributed by atoms with Gasteiger partial charge in [0.05, 0.1) is 0 Å². The molecule has 0 saturated heterocycles. The highest BCUT2D eigenvalue weighted by Crippen LogP contribution is 2.13. The maximum atomic E-state index is 13.4. The van der Waals surface area contributed by atoms with Gasteiger partial charge in [0.15, 0.2) is 0 Å². The Hall–Kier alpha value is -0.960. The Labute approximate surface area is 95.9 Å². The van der Waals surface area contributed by atoms with Gasteiger partial charge in [-0.25, -0.2) is 8.78 Å². The highest BCUT2D eigenvalue weighted by Gasteiger charge is 2.11. The summed E-state index contributed by atoms with van der Waals surface area (Å²) < 4.78 is 26.4. The van der Waals surface area contributed by atoms with Gasteiger partial charge in [0.2, 0.25) is 0 Å². The van der Waals surface area contributed by atoms with Gasteiger partial charge in [0, 0.05) is 6.04 Å². The van der Waals surface area contributed by atoms with E-state index >= 15 is 0 Å². The van der Waals surface area contributed by atoms with E-state index in [1.807, 2.05) is 6.92 Å². The molecule has 0 saturated carbocycles. The van der Waals surface area contributed by atoms with Crippen LogP contribution in [0.25, 0.3) is 0 Å². The topological polar surface area (TPSA) is 12.0 Å². The maximum absolute atomic E-state index is 13.4. The van der Waals surface area contributed by atoms with E-state index in [2.05, 4.69) is 12.2 Å². The summed E-state index contributed by atoms with van der Waals surface area (Å²) in [5.74, 6) is -0.691. The van der Waals surface area contributed by atoms with Crippen LogP contribution in [0.15, 0.2) is 18.2 Å². The standard InChI is InChI=1S/C13H19F2N/c1-3-5-12(16-4-2)9-10-8-11(14)6-7-13(10)15/h6-8,12,16H,3-5,9H2,1-2H3. The maximum Gasteiger partial charge on any atom is 0.126 e. The van der Waals surface area contributed by atoms with Gasteiger partial charge in [-0.15, -0.1) is 0 Å². The van der Waals surface area contributed by atoms with Gasteiger partial charge in [0.25, 0.3) is 0 Å². The average molecular weight is 227 g/mol. The van der Waals surface area contributed by atoms with Gasteiger partial charge in [-0.3, -0.25) is 0 Å². The molecule has 90 valence electrons. The summed E-state index contributed by atoms with van der Waals surface area (Å²) in [6, 6.07) is 3.86. The first-order chi connectivity index (χ1) is 7.67. The van der Waals surface area contributed by atoms with Crippen LogP contribution in [0.2, 0.25) is 0 Å². The molecule has 1 unspecified atom stereocenters. The van der Waals surface area contributed by atoms with E-state index in [0.29, 0.717) is 12.0 Å². The Bertz CT molecular complexity index is 320. The molecule has 0 radical (unpaired) electrons. The van der Waals surface area contributed by atoms with Gasteiger partial charge >= 0.3 is 0 Å². The third-order valence-electron chi connectivity index (χ3n) is 2.60. The van der Waals surface area contributed by atoms with Crippen molar-refractivity contribution in [2.75, 3.05) is 6.54 Å². The lowest BCUT2D eigenvalue weighted by Gasteiger charge is -2.17. The molecule has 16 heavy (non-hydrogen) atoms. The SMILES string of the molecule is CCCC(Cc1cc(F)ccc1F)NCC. The number of halogens is 2. The van der Waals surface area contributed by atoms with E-state index in [0.717, 1.165) is 25.5 Å². The lowest BCUT2D eigenvalue weighted by Crippen LogP contribution is -2.31. The van der Waals surface area contributed by atoms with Crippen LogP contribution in [0.5, 0.6) is 0 Å². The molecule has 1 rings (SSSR count). The van der Waals surface area contributed by atoms with Gasteiger partial charge < -0.3 is 5.32 Å². The Balaban J connectivity index is 2.71. The van der Waals surface area contributed by atoms with Crippen LogP contribution in [0.1, 0.15) is 32.3 Å². The van der Waals surface area contributed by atoms with Gasteiger partial charge in [0.1, 0.15) is 11.6 Å². The molecule has 1 N–H and O–H groups in total. The van der Waals surface area contributed by atoms with E-state index in [1.54, 1.807) is 0 Å². The summed E-state index contributed by atoms with van der Waals surface area (Å²) in [5, 5.41) is 3.29. The van der Waals surface area contributed by atoms with E-state index in [-0.39, 0.29) is 17.7 Å². The summed E-state index contributed by atoms with van der Waals surface area (Å²) in [6.07, 6.45) is 2.56. The van der Waals surface area contributed by atoms with E-state index in [4.69, 9.17) is 0 Å². The molecule has 0 heterocycles. The zero-order chi connectivity index (χ0) is 12.0. The Kier molecular flexibility index (Phi) is 5.39. The number of hydrogen-bond acceptors (Lipinski definition) is 1. The average Bonchev–Trinajstić information content (AvgIpc) is 2.24. The van der Waals surface area contributed by atoms with Crippen molar-refractivity contribution in [1.82, 2.24) is 5.32 Å². The van der Waals surface area contributed by atoms with Crippen LogP contribution in [-0.2, 0) is 6.42 Å². The Morgan fingerprint density at radius 3 is 2.62 bits per heavy atom. The lowest BCUT2D eigenvalue weighted by molar-refractivity contribution is 0.473. The number of rotatable bonds is 6. The van der Waals surface area contributed by atoms with E-state index in [1.165, 1.54) is 12.1 Å². The van der Waals surface area contributed by atoms with E-state index < -0.39 is 0 Å². The summed E-state index contributed by atoms with van der Waals surface area (Å²) in [4.78, 5) is 0. The summed E-state index contributed by atoms with van der Waals surface area (Å²) in [7, 11) is 0. The number of benzene rings is 1. The zero-order valence-corrected chi connectivity index (χ0v) is 9.89. The van der Waals surface area contributed by atoms with Crippen LogP contribution < -0.4 is 5.32 Å². The van der Waals surface area contributed by atoms with Crippen LogP contribution in [0.4, 0.5) is 8.78 Å². The van der Waals surface area contributed by atoms with E-state index in [9.17, 15) is 8.78 Å². The number of likely N-dealkylation sites (N-methyl/N-ethyl adjacent to an activating group) is 1. The molecule has 0 aliphatic rings. The van der Waals surface area contributed by atoms with Crippen LogP contribution >= 0.6 is 0 Å². The van der Waals surface area contributed by atoms with Crippen molar-refractivity contribution >= 4 is 0 Å². The largest absolute Gasteiger partial charge is 0.314 e. The Morgan fingerprint density at radius 2 is 2.00 bits per heavy atom. The molecule has 0 fully saturated rings. The molecule has 1 atom stereocenters. The molecule has 0 bridgehead atoms. The predicted octanol–water partition coefficient (Wildman–Crippen LogP) is 3.29. The smallest absolute Gasteiger partial charge is 0.126 e. The van der Waals surface area contributed by atoms with Gasteiger partial charge in [-0.2, -0.15) is 0 Å². The van der Waals surface area contributed by atoms with Gasteiger partial charge in [-0.05, 0) is 43.1 Å². The molecular formula is C13H19F2N. The van der Waals surface area contributed by atoms with Crippen molar-refractivity contribution < 1.29 is 8.78 Å². The highest BCUT2D eigenvalue weighted by molar-refractivity contribution is 5.19.